The van der Waals surface area contributed by atoms with Crippen LogP contribution in [-0.2, 0) is 11.3 Å². The molecule has 32 heavy (non-hydrogen) atoms. The second-order valence-electron chi connectivity index (χ2n) is 8.87. The van der Waals surface area contributed by atoms with Crippen molar-refractivity contribution >= 4 is 23.7 Å². The number of urea groups is 1. The minimum atomic E-state index is -0.622. The van der Waals surface area contributed by atoms with Crippen LogP contribution in [0.15, 0.2) is 42.6 Å². The van der Waals surface area contributed by atoms with Crippen molar-refractivity contribution in [1.29, 1.82) is 0 Å². The van der Waals surface area contributed by atoms with Gasteiger partial charge in [-0.3, -0.25) is 4.79 Å². The predicted octanol–water partition coefficient (Wildman–Crippen LogP) is 3.48. The van der Waals surface area contributed by atoms with Crippen molar-refractivity contribution in [1.82, 2.24) is 14.8 Å². The van der Waals surface area contributed by atoms with E-state index in [1.165, 1.54) is 0 Å². The normalized spacial score (nSPS) is 14.7. The van der Waals surface area contributed by atoms with Gasteiger partial charge in [-0.15, -0.1) is 0 Å². The summed E-state index contributed by atoms with van der Waals surface area (Å²) in [5.74, 6) is -0.163. The lowest BCUT2D eigenvalue weighted by atomic mass is 10.0. The van der Waals surface area contributed by atoms with Crippen molar-refractivity contribution in [3.8, 4) is 0 Å². The van der Waals surface area contributed by atoms with E-state index in [1.54, 1.807) is 23.1 Å². The number of piperidine rings is 1. The highest BCUT2D eigenvalue weighted by atomic mass is 16.6. The van der Waals surface area contributed by atoms with Crippen LogP contribution in [0.2, 0.25) is 0 Å². The molecule has 0 unspecified atom stereocenters. The zero-order chi connectivity index (χ0) is 23.3. The summed E-state index contributed by atoms with van der Waals surface area (Å²) < 4.78 is 7.44. The zero-order valence-corrected chi connectivity index (χ0v) is 18.8. The van der Waals surface area contributed by atoms with Crippen LogP contribution in [0.1, 0.15) is 55.7 Å². The van der Waals surface area contributed by atoms with Crippen molar-refractivity contribution < 1.29 is 19.1 Å². The SMILES string of the molecule is CC(C)(C)OC(=O)N1CCC(n2cccc2C(=O)NCc2ccc(NC(N)=O)cc2)CC1. The third kappa shape index (κ3) is 6.26. The summed E-state index contributed by atoms with van der Waals surface area (Å²) in [6.07, 6.45) is 3.12. The predicted molar refractivity (Wildman–Crippen MR) is 121 cm³/mol. The molecular formula is C23H31N5O4. The smallest absolute Gasteiger partial charge is 0.410 e. The molecule has 9 nitrogen and oxygen atoms in total. The van der Waals surface area contributed by atoms with E-state index in [-0.39, 0.29) is 18.0 Å². The van der Waals surface area contributed by atoms with Crippen LogP contribution in [0.4, 0.5) is 15.3 Å². The molecule has 2 heterocycles. The molecule has 4 amide bonds. The van der Waals surface area contributed by atoms with Gasteiger partial charge in [0.05, 0.1) is 0 Å². The Bertz CT molecular complexity index is 954. The van der Waals surface area contributed by atoms with Crippen LogP contribution >= 0.6 is 0 Å². The van der Waals surface area contributed by atoms with E-state index < -0.39 is 11.6 Å². The summed E-state index contributed by atoms with van der Waals surface area (Å²) in [7, 11) is 0. The van der Waals surface area contributed by atoms with Crippen LogP contribution in [-0.4, -0.2) is 46.2 Å². The third-order valence-electron chi connectivity index (χ3n) is 5.20. The Labute approximate surface area is 187 Å². The first-order valence-corrected chi connectivity index (χ1v) is 10.7. The van der Waals surface area contributed by atoms with E-state index in [0.717, 1.165) is 18.4 Å². The Morgan fingerprint density at radius 1 is 1.09 bits per heavy atom. The Kier molecular flexibility index (Phi) is 7.07. The van der Waals surface area contributed by atoms with Gasteiger partial charge in [0.2, 0.25) is 0 Å². The quantitative estimate of drug-likeness (QED) is 0.658. The molecule has 172 valence electrons. The van der Waals surface area contributed by atoms with Gasteiger partial charge >= 0.3 is 12.1 Å². The first kappa shape index (κ1) is 23.2. The Morgan fingerprint density at radius 3 is 2.34 bits per heavy atom. The van der Waals surface area contributed by atoms with Gasteiger partial charge < -0.3 is 30.6 Å². The lowest BCUT2D eigenvalue weighted by molar-refractivity contribution is 0.0187. The van der Waals surface area contributed by atoms with E-state index >= 15 is 0 Å². The van der Waals surface area contributed by atoms with Gasteiger partial charge in [0.15, 0.2) is 0 Å². The number of carbonyl (C=O) groups excluding carboxylic acids is 3. The summed E-state index contributed by atoms with van der Waals surface area (Å²) in [6.45, 7) is 7.10. The van der Waals surface area contributed by atoms with E-state index in [1.807, 2.05) is 49.7 Å². The average Bonchev–Trinajstić information content (AvgIpc) is 3.21. The van der Waals surface area contributed by atoms with Crippen LogP contribution in [0.5, 0.6) is 0 Å². The van der Waals surface area contributed by atoms with Crippen LogP contribution < -0.4 is 16.4 Å². The summed E-state index contributed by atoms with van der Waals surface area (Å²) in [4.78, 5) is 37.7. The van der Waals surface area contributed by atoms with E-state index in [0.29, 0.717) is 31.0 Å². The van der Waals surface area contributed by atoms with Crippen molar-refractivity contribution in [3.05, 3.63) is 53.9 Å². The van der Waals surface area contributed by atoms with Crippen molar-refractivity contribution in [2.45, 2.75) is 51.8 Å². The number of likely N-dealkylation sites (tertiary alicyclic amines) is 1. The molecule has 1 aromatic carbocycles. The van der Waals surface area contributed by atoms with Gasteiger partial charge in [-0.05, 0) is 63.4 Å². The lowest BCUT2D eigenvalue weighted by Crippen LogP contribution is -2.42. The van der Waals surface area contributed by atoms with Gasteiger partial charge in [-0.1, -0.05) is 12.1 Å². The molecule has 2 aromatic rings. The largest absolute Gasteiger partial charge is 0.444 e. The molecule has 1 saturated heterocycles. The maximum atomic E-state index is 12.8. The Morgan fingerprint density at radius 2 is 1.75 bits per heavy atom. The topological polar surface area (TPSA) is 119 Å². The average molecular weight is 442 g/mol. The molecule has 0 radical (unpaired) electrons. The summed E-state index contributed by atoms with van der Waals surface area (Å²) in [6, 6.07) is 10.3. The van der Waals surface area contributed by atoms with Gasteiger partial charge in [0, 0.05) is 37.6 Å². The van der Waals surface area contributed by atoms with Crippen molar-refractivity contribution in [2.24, 2.45) is 5.73 Å². The van der Waals surface area contributed by atoms with Crippen molar-refractivity contribution in [3.63, 3.8) is 0 Å². The summed E-state index contributed by atoms with van der Waals surface area (Å²) >= 11 is 0. The lowest BCUT2D eigenvalue weighted by Gasteiger charge is -2.34. The van der Waals surface area contributed by atoms with E-state index in [4.69, 9.17) is 10.5 Å². The number of hydrogen-bond acceptors (Lipinski definition) is 4. The number of benzene rings is 1. The number of nitrogens with two attached hydrogens (primary N) is 1. The molecule has 4 N–H and O–H groups in total. The molecule has 1 aliphatic rings. The molecule has 9 heteroatoms. The Balaban J connectivity index is 1.54. The fourth-order valence-corrected chi connectivity index (χ4v) is 3.68. The molecule has 0 spiro atoms. The second-order valence-corrected chi connectivity index (χ2v) is 8.87. The van der Waals surface area contributed by atoms with Gasteiger partial charge in [-0.2, -0.15) is 0 Å². The number of anilines is 1. The number of hydrogen-bond donors (Lipinski definition) is 3. The number of primary amides is 1. The molecule has 1 aliphatic heterocycles. The maximum Gasteiger partial charge on any atom is 0.410 e. The first-order valence-electron chi connectivity index (χ1n) is 10.7. The van der Waals surface area contributed by atoms with Gasteiger partial charge in [0.25, 0.3) is 5.91 Å². The van der Waals surface area contributed by atoms with E-state index in [2.05, 4.69) is 10.6 Å². The monoisotopic (exact) mass is 441 g/mol. The number of ether oxygens (including phenoxy) is 1. The zero-order valence-electron chi connectivity index (χ0n) is 18.8. The molecule has 0 saturated carbocycles. The number of aromatic nitrogens is 1. The fraction of sp³-hybridized carbons (Fsp3) is 0.435. The Hall–Kier alpha value is -3.49. The molecule has 1 aromatic heterocycles. The number of rotatable bonds is 5. The molecule has 3 rings (SSSR count). The van der Waals surface area contributed by atoms with Crippen LogP contribution in [0.3, 0.4) is 0 Å². The van der Waals surface area contributed by atoms with E-state index in [9.17, 15) is 14.4 Å². The first-order chi connectivity index (χ1) is 15.1. The number of amides is 4. The third-order valence-corrected chi connectivity index (χ3v) is 5.20. The molecule has 0 aliphatic carbocycles. The molecule has 0 bridgehead atoms. The molecular weight excluding hydrogens is 410 g/mol. The van der Waals surface area contributed by atoms with Crippen molar-refractivity contribution in [2.75, 3.05) is 18.4 Å². The second kappa shape index (κ2) is 9.76. The summed E-state index contributed by atoms with van der Waals surface area (Å²) in [5.41, 5.74) is 6.67. The highest BCUT2D eigenvalue weighted by Gasteiger charge is 2.28. The minimum Gasteiger partial charge on any atom is -0.444 e. The maximum absolute atomic E-state index is 12.8. The van der Waals surface area contributed by atoms with Crippen LogP contribution in [0, 0.1) is 0 Å². The standard InChI is InChI=1S/C23H31N5O4/c1-23(2,3)32-22(31)27-13-10-18(11-14-27)28-12-4-5-19(28)20(29)25-15-16-6-8-17(9-7-16)26-21(24)30/h4-9,12,18H,10-11,13-15H2,1-3H3,(H,25,29)(H3,24,26,30). The molecule has 0 atom stereocenters. The number of nitrogens with zero attached hydrogens (tertiary/aromatic N) is 2. The highest BCUT2D eigenvalue weighted by molar-refractivity contribution is 5.92. The highest BCUT2D eigenvalue weighted by Crippen LogP contribution is 2.26. The summed E-state index contributed by atoms with van der Waals surface area (Å²) in [5, 5.41) is 5.44. The van der Waals surface area contributed by atoms with Gasteiger partial charge in [-0.25, -0.2) is 9.59 Å². The van der Waals surface area contributed by atoms with Crippen LogP contribution in [0.25, 0.3) is 0 Å². The minimum absolute atomic E-state index is 0.142. The number of nitrogens with one attached hydrogen (secondary N) is 2. The molecule has 1 fully saturated rings. The number of carbonyl (C=O) groups is 3. The van der Waals surface area contributed by atoms with Gasteiger partial charge in [0.1, 0.15) is 11.3 Å². The fourth-order valence-electron chi connectivity index (χ4n) is 3.68.